The summed E-state index contributed by atoms with van der Waals surface area (Å²) in [5.41, 5.74) is 3.62. The van der Waals surface area contributed by atoms with Gasteiger partial charge >= 0.3 is 0 Å². The van der Waals surface area contributed by atoms with Crippen LogP contribution in [-0.2, 0) is 29.0 Å². The fourth-order valence-electron chi connectivity index (χ4n) is 3.88. The van der Waals surface area contributed by atoms with E-state index in [1.54, 1.807) is 16.2 Å². The van der Waals surface area contributed by atoms with Gasteiger partial charge in [0.05, 0.1) is 28.4 Å². The molecule has 0 spiro atoms. The number of unbranched alkanes of at least 4 members (excludes halogenated alkanes) is 1. The van der Waals surface area contributed by atoms with Crippen LogP contribution in [-0.4, -0.2) is 37.2 Å². The molecular weight excluding hydrogens is 394 g/mol. The monoisotopic (exact) mass is 424 g/mol. The van der Waals surface area contributed by atoms with Gasteiger partial charge in [0.2, 0.25) is 5.91 Å². The number of fused-ring (bicyclic) bond motifs is 1. The molecule has 0 unspecified atom stereocenters. The molecule has 6 heteroatoms. The van der Waals surface area contributed by atoms with Crippen LogP contribution in [0.1, 0.15) is 35.4 Å². The van der Waals surface area contributed by atoms with Crippen molar-refractivity contribution in [3.63, 3.8) is 0 Å². The fraction of sp³-hybridized carbons (Fsp3) is 0.417. The van der Waals surface area contributed by atoms with E-state index in [9.17, 15) is 4.79 Å². The number of carbonyl (C=O) groups is 1. The van der Waals surface area contributed by atoms with E-state index >= 15 is 0 Å². The van der Waals surface area contributed by atoms with Crippen LogP contribution >= 0.6 is 11.3 Å². The molecule has 158 valence electrons. The van der Waals surface area contributed by atoms with E-state index in [1.165, 1.54) is 15.8 Å². The van der Waals surface area contributed by atoms with E-state index in [2.05, 4.69) is 52.8 Å². The molecule has 0 aliphatic carbocycles. The van der Waals surface area contributed by atoms with Gasteiger partial charge in [-0.15, -0.1) is 11.3 Å². The molecule has 3 aromatic rings. The Morgan fingerprint density at radius 2 is 1.80 bits per heavy atom. The Morgan fingerprint density at radius 1 is 1.03 bits per heavy atom. The van der Waals surface area contributed by atoms with Crippen molar-refractivity contribution < 1.29 is 14.4 Å². The summed E-state index contributed by atoms with van der Waals surface area (Å²) in [6.07, 6.45) is 3.39. The third kappa shape index (κ3) is 5.88. The second-order valence-corrected chi connectivity index (χ2v) is 8.98. The Bertz CT molecular complexity index is 933. The first kappa shape index (κ1) is 21.0. The first-order chi connectivity index (χ1) is 14.8. The summed E-state index contributed by atoms with van der Waals surface area (Å²) < 4.78 is 6.69. The predicted octanol–water partition coefficient (Wildman–Crippen LogP) is 2.74. The molecule has 0 saturated carbocycles. The molecule has 0 atom stereocenters. The highest BCUT2D eigenvalue weighted by Gasteiger charge is 2.16. The number of aromatic nitrogens is 1. The number of quaternary nitrogens is 1. The van der Waals surface area contributed by atoms with Crippen LogP contribution in [0.2, 0.25) is 0 Å². The third-order valence-electron chi connectivity index (χ3n) is 5.62. The van der Waals surface area contributed by atoms with E-state index in [0.29, 0.717) is 13.0 Å². The van der Waals surface area contributed by atoms with Crippen LogP contribution in [0, 0.1) is 0 Å². The lowest BCUT2D eigenvalue weighted by atomic mass is 10.1. The number of morpholine rings is 1. The van der Waals surface area contributed by atoms with Crippen LogP contribution in [0.25, 0.3) is 10.2 Å². The molecule has 1 amide bonds. The van der Waals surface area contributed by atoms with Crippen molar-refractivity contribution in [2.45, 2.75) is 38.8 Å². The maximum Gasteiger partial charge on any atom is 0.220 e. The second-order valence-electron chi connectivity index (χ2n) is 7.87. The highest BCUT2D eigenvalue weighted by Crippen LogP contribution is 2.22. The maximum atomic E-state index is 12.3. The molecule has 30 heavy (non-hydrogen) atoms. The molecule has 0 bridgehead atoms. The van der Waals surface area contributed by atoms with Crippen molar-refractivity contribution in [3.05, 3.63) is 64.7 Å². The number of carbonyl (C=O) groups excluding carboxylic acids is 1. The van der Waals surface area contributed by atoms with E-state index in [0.717, 1.165) is 62.6 Å². The van der Waals surface area contributed by atoms with Gasteiger partial charge in [-0.25, -0.2) is 4.98 Å². The molecule has 1 saturated heterocycles. The van der Waals surface area contributed by atoms with Crippen LogP contribution in [0.15, 0.2) is 48.5 Å². The van der Waals surface area contributed by atoms with Crippen LogP contribution in [0.4, 0.5) is 0 Å². The zero-order valence-corrected chi connectivity index (χ0v) is 18.2. The van der Waals surface area contributed by atoms with E-state index < -0.39 is 0 Å². The SMILES string of the molecule is O=C(CCCCc1nc2ccccc2s1)NCc1ccccc1C[NH+]1CCOCC1. The standard InChI is InChI=1S/C24H29N3O2S/c28-23(11-5-6-12-24-26-21-9-3-4-10-22(21)30-24)25-17-19-7-1-2-8-20(19)18-27-13-15-29-16-14-27/h1-4,7-10H,5-6,11-18H2,(H,25,28)/p+1. The van der Waals surface area contributed by atoms with Gasteiger partial charge in [0.1, 0.15) is 19.6 Å². The lowest BCUT2D eigenvalue weighted by Crippen LogP contribution is -3.12. The summed E-state index contributed by atoms with van der Waals surface area (Å²) in [5.74, 6) is 0.132. The van der Waals surface area contributed by atoms with Gasteiger partial charge in [0, 0.05) is 18.5 Å². The van der Waals surface area contributed by atoms with Gasteiger partial charge < -0.3 is 15.0 Å². The van der Waals surface area contributed by atoms with Crippen molar-refractivity contribution in [3.8, 4) is 0 Å². The number of thiazole rings is 1. The number of amides is 1. The normalized spacial score (nSPS) is 14.8. The fourth-order valence-corrected chi connectivity index (χ4v) is 4.89. The number of aryl methyl sites for hydroxylation is 1. The van der Waals surface area contributed by atoms with E-state index in [-0.39, 0.29) is 5.91 Å². The lowest BCUT2D eigenvalue weighted by molar-refractivity contribution is -0.921. The average Bonchev–Trinajstić information content (AvgIpc) is 3.20. The average molecular weight is 425 g/mol. The van der Waals surface area contributed by atoms with Crippen molar-refractivity contribution >= 4 is 27.5 Å². The number of benzene rings is 2. The summed E-state index contributed by atoms with van der Waals surface area (Å²) in [6.45, 7) is 5.38. The number of para-hydroxylation sites is 1. The van der Waals surface area contributed by atoms with Crippen molar-refractivity contribution in [2.75, 3.05) is 26.3 Å². The quantitative estimate of drug-likeness (QED) is 0.520. The summed E-state index contributed by atoms with van der Waals surface area (Å²) in [6, 6.07) is 16.7. The van der Waals surface area contributed by atoms with Crippen LogP contribution < -0.4 is 10.2 Å². The predicted molar refractivity (Wildman–Crippen MR) is 121 cm³/mol. The molecular formula is C24H30N3O2S+. The van der Waals surface area contributed by atoms with Crippen molar-refractivity contribution in [1.29, 1.82) is 0 Å². The van der Waals surface area contributed by atoms with Gasteiger partial charge in [-0.05, 0) is 37.0 Å². The van der Waals surface area contributed by atoms with E-state index in [1.807, 2.05) is 6.07 Å². The Morgan fingerprint density at radius 3 is 2.63 bits per heavy atom. The highest BCUT2D eigenvalue weighted by molar-refractivity contribution is 7.18. The molecule has 2 aromatic carbocycles. The van der Waals surface area contributed by atoms with Gasteiger partial charge in [0.15, 0.2) is 0 Å². The minimum Gasteiger partial charge on any atom is -0.370 e. The van der Waals surface area contributed by atoms with Crippen molar-refractivity contribution in [2.24, 2.45) is 0 Å². The summed E-state index contributed by atoms with van der Waals surface area (Å²) in [5, 5.41) is 4.27. The summed E-state index contributed by atoms with van der Waals surface area (Å²) in [7, 11) is 0. The molecule has 1 aromatic heterocycles. The Labute approximate surface area is 182 Å². The molecule has 4 rings (SSSR count). The largest absolute Gasteiger partial charge is 0.370 e. The second kappa shape index (κ2) is 10.7. The molecule has 5 nitrogen and oxygen atoms in total. The Hall–Kier alpha value is -2.28. The number of nitrogens with one attached hydrogen (secondary N) is 2. The number of nitrogens with zero attached hydrogens (tertiary/aromatic N) is 1. The van der Waals surface area contributed by atoms with E-state index in [4.69, 9.17) is 4.74 Å². The number of rotatable bonds is 9. The smallest absolute Gasteiger partial charge is 0.220 e. The molecule has 0 radical (unpaired) electrons. The topological polar surface area (TPSA) is 55.7 Å². The molecule has 2 heterocycles. The minimum absolute atomic E-state index is 0.132. The van der Waals surface area contributed by atoms with Gasteiger partial charge in [-0.1, -0.05) is 36.4 Å². The Kier molecular flexibility index (Phi) is 7.45. The zero-order chi connectivity index (χ0) is 20.6. The molecule has 2 N–H and O–H groups in total. The molecule has 1 aliphatic heterocycles. The number of hydrogen-bond acceptors (Lipinski definition) is 4. The van der Waals surface area contributed by atoms with Crippen molar-refractivity contribution in [1.82, 2.24) is 10.3 Å². The first-order valence-corrected chi connectivity index (χ1v) is 11.7. The highest BCUT2D eigenvalue weighted by atomic mass is 32.1. The number of ether oxygens (including phenoxy) is 1. The van der Waals surface area contributed by atoms with Gasteiger partial charge in [-0.2, -0.15) is 0 Å². The molecule has 1 aliphatic rings. The zero-order valence-electron chi connectivity index (χ0n) is 17.4. The lowest BCUT2D eigenvalue weighted by Gasteiger charge is -2.24. The van der Waals surface area contributed by atoms with Crippen LogP contribution in [0.3, 0.4) is 0 Å². The maximum absolute atomic E-state index is 12.3. The Balaban J connectivity index is 1.19. The van der Waals surface area contributed by atoms with Crippen LogP contribution in [0.5, 0.6) is 0 Å². The third-order valence-corrected chi connectivity index (χ3v) is 6.71. The first-order valence-electron chi connectivity index (χ1n) is 10.9. The summed E-state index contributed by atoms with van der Waals surface area (Å²) >= 11 is 1.76. The van der Waals surface area contributed by atoms with Gasteiger partial charge in [0.25, 0.3) is 0 Å². The summed E-state index contributed by atoms with van der Waals surface area (Å²) in [4.78, 5) is 18.5. The number of hydrogen-bond donors (Lipinski definition) is 2. The van der Waals surface area contributed by atoms with Gasteiger partial charge in [-0.3, -0.25) is 4.79 Å². The minimum atomic E-state index is 0.132. The molecule has 1 fully saturated rings.